The van der Waals surface area contributed by atoms with Gasteiger partial charge in [0.2, 0.25) is 0 Å². The molecule has 24 heavy (non-hydrogen) atoms. The molecule has 5 atom stereocenters. The van der Waals surface area contributed by atoms with Crippen LogP contribution in [0, 0.1) is 10.1 Å². The van der Waals surface area contributed by atoms with Gasteiger partial charge in [0.25, 0.3) is 5.69 Å². The fourth-order valence-electron chi connectivity index (χ4n) is 2.42. The number of nitro benzene ring substituents is 1. The Morgan fingerprint density at radius 3 is 2.58 bits per heavy atom. The zero-order valence-corrected chi connectivity index (χ0v) is 12.9. The average molecular weight is 344 g/mol. The van der Waals surface area contributed by atoms with Crippen molar-refractivity contribution in [2.24, 2.45) is 0 Å². The minimum absolute atomic E-state index is 0.0350. The molecule has 1 fully saturated rings. The van der Waals surface area contributed by atoms with Gasteiger partial charge in [-0.3, -0.25) is 10.1 Å². The Bertz CT molecular complexity index is 582. The fraction of sp³-hybridized carbons (Fsp3) is 0.571. The Morgan fingerprint density at radius 1 is 1.29 bits per heavy atom. The first-order chi connectivity index (χ1) is 11.4. The molecule has 0 saturated carbocycles. The number of benzene rings is 1. The molecule has 0 amide bonds. The third-order valence-electron chi connectivity index (χ3n) is 3.67. The summed E-state index contributed by atoms with van der Waals surface area (Å²) in [6.07, 6.45) is -6.98. The number of nitrogens with zero attached hydrogens (tertiary/aromatic N) is 1. The van der Waals surface area contributed by atoms with Crippen LogP contribution < -0.4 is 10.1 Å². The maximum Gasteiger partial charge on any atom is 0.296 e. The molecular formula is C14H20N2O8. The Balaban J connectivity index is 2.24. The molecule has 0 unspecified atom stereocenters. The number of ether oxygens (including phenoxy) is 2. The van der Waals surface area contributed by atoms with E-state index in [1.165, 1.54) is 18.2 Å². The molecule has 1 aliphatic heterocycles. The summed E-state index contributed by atoms with van der Waals surface area (Å²) < 4.78 is 10.5. The molecule has 0 radical (unpaired) electrons. The van der Waals surface area contributed by atoms with Crippen LogP contribution in [0.2, 0.25) is 0 Å². The van der Waals surface area contributed by atoms with E-state index in [4.69, 9.17) is 14.6 Å². The van der Waals surface area contributed by atoms with Crippen molar-refractivity contribution in [3.8, 4) is 5.75 Å². The number of aliphatic hydroxyl groups excluding tert-OH is 4. The Kier molecular flexibility index (Phi) is 5.91. The summed E-state index contributed by atoms with van der Waals surface area (Å²) in [5.74, 6) is 0.309. The lowest BCUT2D eigenvalue weighted by Crippen LogP contribution is -2.60. The number of nitrogens with one attached hydrogen (secondary N) is 1. The average Bonchev–Trinajstić information content (AvgIpc) is 2.56. The molecule has 134 valence electrons. The first-order valence-corrected chi connectivity index (χ1v) is 7.37. The van der Waals surface area contributed by atoms with Gasteiger partial charge in [-0.05, 0) is 19.1 Å². The second kappa shape index (κ2) is 7.73. The highest BCUT2D eigenvalue weighted by atomic mass is 16.6. The van der Waals surface area contributed by atoms with E-state index >= 15 is 0 Å². The van der Waals surface area contributed by atoms with E-state index in [1.807, 2.05) is 0 Å². The van der Waals surface area contributed by atoms with Crippen LogP contribution in [0.1, 0.15) is 6.92 Å². The molecule has 0 bridgehead atoms. The van der Waals surface area contributed by atoms with E-state index in [2.05, 4.69) is 5.32 Å². The van der Waals surface area contributed by atoms with Crippen molar-refractivity contribution in [3.05, 3.63) is 28.3 Å². The van der Waals surface area contributed by atoms with Crippen LogP contribution in [0.5, 0.6) is 5.75 Å². The summed E-state index contributed by atoms with van der Waals surface area (Å²) in [5, 5.41) is 52.4. The highest BCUT2D eigenvalue weighted by Crippen LogP contribution is 2.31. The minimum atomic E-state index is -1.57. The molecule has 2 rings (SSSR count). The maximum absolute atomic E-state index is 11.2. The highest BCUT2D eigenvalue weighted by molar-refractivity contribution is 5.64. The first-order valence-electron chi connectivity index (χ1n) is 7.37. The van der Waals surface area contributed by atoms with E-state index in [-0.39, 0.29) is 11.4 Å². The molecule has 1 aromatic carbocycles. The van der Waals surface area contributed by atoms with Crippen molar-refractivity contribution in [1.29, 1.82) is 0 Å². The van der Waals surface area contributed by atoms with Gasteiger partial charge >= 0.3 is 0 Å². The van der Waals surface area contributed by atoms with Crippen molar-refractivity contribution < 1.29 is 34.8 Å². The normalized spacial score (nSPS) is 30.0. The van der Waals surface area contributed by atoms with E-state index in [0.29, 0.717) is 12.4 Å². The van der Waals surface area contributed by atoms with Gasteiger partial charge in [-0.2, -0.15) is 0 Å². The van der Waals surface area contributed by atoms with Crippen LogP contribution in [0.3, 0.4) is 0 Å². The molecular weight excluding hydrogens is 324 g/mol. The van der Waals surface area contributed by atoms with E-state index < -0.39 is 42.2 Å². The third kappa shape index (κ3) is 3.74. The van der Waals surface area contributed by atoms with Gasteiger partial charge in [-0.1, -0.05) is 0 Å². The second-order valence-corrected chi connectivity index (χ2v) is 5.26. The molecule has 0 spiro atoms. The molecule has 0 aliphatic carbocycles. The lowest BCUT2D eigenvalue weighted by atomic mass is 9.98. The van der Waals surface area contributed by atoms with Gasteiger partial charge in [0.15, 0.2) is 6.23 Å². The number of rotatable bonds is 6. The van der Waals surface area contributed by atoms with Crippen molar-refractivity contribution in [2.45, 2.75) is 37.6 Å². The zero-order valence-electron chi connectivity index (χ0n) is 12.9. The summed E-state index contributed by atoms with van der Waals surface area (Å²) >= 11 is 0. The van der Waals surface area contributed by atoms with E-state index in [0.717, 1.165) is 0 Å². The second-order valence-electron chi connectivity index (χ2n) is 5.26. The van der Waals surface area contributed by atoms with Crippen molar-refractivity contribution in [2.75, 3.05) is 18.5 Å². The number of anilines is 1. The number of hydrogen-bond donors (Lipinski definition) is 5. The molecule has 1 heterocycles. The number of aliphatic hydroxyl groups is 4. The van der Waals surface area contributed by atoms with Crippen LogP contribution in [-0.4, -0.2) is 69.2 Å². The minimum Gasteiger partial charge on any atom is -0.494 e. The summed E-state index contributed by atoms with van der Waals surface area (Å²) in [5.41, 5.74) is -0.273. The Labute approximate surface area is 137 Å². The van der Waals surface area contributed by atoms with Crippen LogP contribution in [0.25, 0.3) is 0 Å². The van der Waals surface area contributed by atoms with E-state index in [1.54, 1.807) is 6.92 Å². The highest BCUT2D eigenvalue weighted by Gasteiger charge is 2.43. The van der Waals surface area contributed by atoms with Gasteiger partial charge < -0.3 is 35.2 Å². The quantitative estimate of drug-likeness (QED) is 0.329. The smallest absolute Gasteiger partial charge is 0.296 e. The summed E-state index contributed by atoms with van der Waals surface area (Å²) in [4.78, 5) is 10.6. The van der Waals surface area contributed by atoms with Gasteiger partial charge in [0, 0.05) is 0 Å². The monoisotopic (exact) mass is 344 g/mol. The molecule has 1 aliphatic rings. The van der Waals surface area contributed by atoms with Crippen LogP contribution >= 0.6 is 0 Å². The number of hydrogen-bond acceptors (Lipinski definition) is 9. The summed E-state index contributed by atoms with van der Waals surface area (Å²) in [6, 6.07) is 4.10. The van der Waals surface area contributed by atoms with Gasteiger partial charge in [0.1, 0.15) is 35.9 Å². The van der Waals surface area contributed by atoms with Gasteiger partial charge in [0.05, 0.1) is 24.2 Å². The van der Waals surface area contributed by atoms with Gasteiger partial charge in [-0.25, -0.2) is 0 Å². The van der Waals surface area contributed by atoms with Crippen molar-refractivity contribution >= 4 is 11.4 Å². The third-order valence-corrected chi connectivity index (χ3v) is 3.67. The van der Waals surface area contributed by atoms with Crippen LogP contribution in [0.15, 0.2) is 18.2 Å². The standard InChI is InChI=1S/C14H20N2O8/c1-2-23-7-3-4-8(9(5-7)16(21)22)15-14-13(20)12(19)11(18)10(6-17)24-14/h3-5,10-15,17-20H,2,6H2,1H3/t10-,11+,12+,13-,14-/m1/s1. The predicted molar refractivity (Wildman–Crippen MR) is 81.7 cm³/mol. The molecule has 10 heteroatoms. The fourth-order valence-corrected chi connectivity index (χ4v) is 2.42. The first kappa shape index (κ1) is 18.4. The maximum atomic E-state index is 11.2. The molecule has 1 aromatic rings. The van der Waals surface area contributed by atoms with Gasteiger partial charge in [-0.15, -0.1) is 0 Å². The molecule has 0 aromatic heterocycles. The van der Waals surface area contributed by atoms with Crippen LogP contribution in [0.4, 0.5) is 11.4 Å². The SMILES string of the molecule is CCOc1ccc(N[C@@H]2O[C@H](CO)[C@H](O)[C@H](O)[C@H]2O)c([N+](=O)[O-])c1. The summed E-state index contributed by atoms with van der Waals surface area (Å²) in [6.45, 7) is 1.50. The van der Waals surface area contributed by atoms with Crippen molar-refractivity contribution in [3.63, 3.8) is 0 Å². The largest absolute Gasteiger partial charge is 0.494 e. The lowest BCUT2D eigenvalue weighted by molar-refractivity contribution is -0.384. The predicted octanol–water partition coefficient (Wildman–Crippen LogP) is -0.795. The Morgan fingerprint density at radius 2 is 2.00 bits per heavy atom. The Hall–Kier alpha value is -1.98. The molecule has 5 N–H and O–H groups in total. The van der Waals surface area contributed by atoms with Crippen LogP contribution in [-0.2, 0) is 4.74 Å². The molecule has 1 saturated heterocycles. The number of nitro groups is 1. The molecule has 10 nitrogen and oxygen atoms in total. The van der Waals surface area contributed by atoms with Crippen molar-refractivity contribution in [1.82, 2.24) is 0 Å². The summed E-state index contributed by atoms with van der Waals surface area (Å²) in [7, 11) is 0. The topological polar surface area (TPSA) is 155 Å². The van der Waals surface area contributed by atoms with E-state index in [9.17, 15) is 25.4 Å². The zero-order chi connectivity index (χ0) is 17.9. The lowest BCUT2D eigenvalue weighted by Gasteiger charge is -2.40.